The van der Waals surface area contributed by atoms with Crippen LogP contribution < -0.4 is 16.5 Å². The summed E-state index contributed by atoms with van der Waals surface area (Å²) in [7, 11) is 6.99. The molecule has 21 heteroatoms. The molecule has 0 unspecified atom stereocenters. The van der Waals surface area contributed by atoms with E-state index >= 15 is 0 Å². The minimum absolute atomic E-state index is 0.0486. The van der Waals surface area contributed by atoms with Crippen LogP contribution in [0.1, 0.15) is 137 Å². The molecule has 3 aliphatic heterocycles. The molecule has 0 aromatic heterocycles. The minimum atomic E-state index is -1.67. The fourth-order valence-electron chi connectivity index (χ4n) is 6.06. The van der Waals surface area contributed by atoms with Crippen molar-refractivity contribution in [2.24, 2.45) is 15.7 Å². The Labute approximate surface area is 486 Å². The first-order valence-electron chi connectivity index (χ1n) is 23.7. The van der Waals surface area contributed by atoms with Gasteiger partial charge in [-0.3, -0.25) is 9.59 Å². The van der Waals surface area contributed by atoms with Gasteiger partial charge >= 0.3 is 7.12 Å². The van der Waals surface area contributed by atoms with E-state index in [1.165, 1.54) is 5.56 Å². The van der Waals surface area contributed by atoms with Crippen molar-refractivity contribution in [3.8, 4) is 0 Å². The Morgan fingerprint density at radius 2 is 1.03 bits per heavy atom. The van der Waals surface area contributed by atoms with Gasteiger partial charge in [-0.1, -0.05) is 77.6 Å². The lowest BCUT2D eigenvalue weighted by atomic mass is 9.75. The number of amides is 1. The van der Waals surface area contributed by atoms with Crippen LogP contribution in [-0.2, 0) is 28.0 Å². The first-order chi connectivity index (χ1) is 34.2. The maximum absolute atomic E-state index is 11.8. The van der Waals surface area contributed by atoms with E-state index in [2.05, 4.69) is 178 Å². The van der Waals surface area contributed by atoms with Crippen LogP contribution in [0, 0.1) is 27.7 Å². The van der Waals surface area contributed by atoms with E-state index in [-0.39, 0.29) is 48.5 Å². The quantitative estimate of drug-likeness (QED) is 0.0975. The molecule has 7 rings (SSSR count). The molecule has 1 fully saturated rings. The fraction of sp³-hybridized carbons (Fsp3) is 0.481. The minimum Gasteiger partial charge on any atom is -0.475 e. The summed E-state index contributed by atoms with van der Waals surface area (Å²) < 4.78 is 35.7. The van der Waals surface area contributed by atoms with Gasteiger partial charge in [-0.25, -0.2) is 14.2 Å². The smallest absolute Gasteiger partial charge is 0.475 e. The number of hydrogen-bond acceptors (Lipinski definition) is 12. The van der Waals surface area contributed by atoms with E-state index in [1.54, 1.807) is 52.0 Å². The maximum atomic E-state index is 11.8. The number of ether oxygens (including phenoxy) is 2. The SMILES string of the molecule is CC(C)(N)CO.Cc1ccc(C(=O)Cl)cc1Br.Cc1ccc(C(=O)NC(C)(C)CO)cc1Br.Cc1ccc(C2=NC(C)(C)CO2)cc1B1OC(C)(C)C(C)(C)O1.Cc1ccc(C2=NC(C)(C)CO2)cc1Br.O=S(Cl)Cl. The third kappa shape index (κ3) is 23.3. The largest absolute Gasteiger partial charge is 0.495 e. The van der Waals surface area contributed by atoms with Crippen molar-refractivity contribution in [3.05, 3.63) is 131 Å². The average molecular weight is 1310 g/mol. The normalized spacial score (nSPS) is 16.5. The molecule has 1 amide bonds. The number of benzene rings is 4. The van der Waals surface area contributed by atoms with Gasteiger partial charge in [-0.15, -0.1) is 0 Å². The number of carbonyl (C=O) groups is 2. The van der Waals surface area contributed by atoms with Crippen molar-refractivity contribution >= 4 is 126 Å². The second kappa shape index (κ2) is 29.0. The molecule has 4 aromatic carbocycles. The Morgan fingerprint density at radius 1 is 0.667 bits per heavy atom. The van der Waals surface area contributed by atoms with E-state index < -0.39 is 25.5 Å². The predicted octanol–water partition coefficient (Wildman–Crippen LogP) is 12.3. The Morgan fingerprint density at radius 3 is 1.37 bits per heavy atom. The molecule has 414 valence electrons. The summed E-state index contributed by atoms with van der Waals surface area (Å²) in [4.78, 5) is 31.7. The topological polar surface area (TPSA) is 191 Å². The molecular formula is C54H73BBr3Cl3N4O9S. The highest BCUT2D eigenvalue weighted by Gasteiger charge is 2.52. The van der Waals surface area contributed by atoms with Gasteiger partial charge in [0.1, 0.15) is 13.2 Å². The number of nitrogens with two attached hydrogens (primary N) is 1. The van der Waals surface area contributed by atoms with E-state index in [1.807, 2.05) is 38.1 Å². The summed E-state index contributed by atoms with van der Waals surface area (Å²) in [6.45, 7) is 32.9. The summed E-state index contributed by atoms with van der Waals surface area (Å²) in [5, 5.41) is 19.7. The molecule has 5 N–H and O–H groups in total. The van der Waals surface area contributed by atoms with Gasteiger partial charge in [0, 0.05) is 62.6 Å². The second-order valence-corrected chi connectivity index (χ2v) is 27.1. The van der Waals surface area contributed by atoms with E-state index in [9.17, 15) is 9.59 Å². The van der Waals surface area contributed by atoms with E-state index in [4.69, 9.17) is 50.5 Å². The van der Waals surface area contributed by atoms with E-state index in [0.717, 1.165) is 52.6 Å². The fourth-order valence-corrected chi connectivity index (χ4v) is 7.31. The van der Waals surface area contributed by atoms with Gasteiger partial charge in [0.05, 0.1) is 41.0 Å². The predicted molar refractivity (Wildman–Crippen MR) is 321 cm³/mol. The Kier molecular flexibility index (Phi) is 26.4. The average Bonchev–Trinajstić information content (AvgIpc) is 3.92. The standard InChI is InChI=1S/C18H26BNO3.C12H16BrNO2.C12H14BrNO.C8H6BrClO.C4H11NO.Cl2OS/c1-12-8-9-13(15-20-16(2,3)11-21-15)10-14(12)19-22-17(4,5)18(6,7)23-19;1-8-4-5-9(6-10(8)13)11(16)14-12(2,3)7-15;1-8-4-5-9(6-10(8)13)11-14-12(2,3)7-15-11;1-5-2-3-6(8(10)11)4-7(5)9;1-4(2,5)3-6;1-4(2)3/h8-10H,11H2,1-7H3;4-6,15H,7H2,1-3H3,(H,14,16);4-6H,7H2,1-3H3;2-4H,1H3;6H,3,5H2,1-2H3;. The summed E-state index contributed by atoms with van der Waals surface area (Å²) >= 11 is 15.5. The van der Waals surface area contributed by atoms with Gasteiger partial charge in [0.2, 0.25) is 21.0 Å². The number of nitrogens with one attached hydrogen (secondary N) is 1. The maximum Gasteiger partial charge on any atom is 0.495 e. The summed E-state index contributed by atoms with van der Waals surface area (Å²) in [5.41, 5.74) is 12.0. The number of aliphatic hydroxyl groups is 2. The zero-order valence-corrected chi connectivity index (χ0v) is 53.6. The van der Waals surface area contributed by atoms with Gasteiger partial charge in [0.25, 0.3) is 11.1 Å². The summed E-state index contributed by atoms with van der Waals surface area (Å²) in [5.74, 6) is 1.27. The first kappa shape index (κ1) is 68.4. The number of carbonyl (C=O) groups excluding carboxylic acids is 2. The molecule has 4 aromatic rings. The van der Waals surface area contributed by atoms with Crippen molar-refractivity contribution in [2.45, 2.75) is 144 Å². The molecule has 0 bridgehead atoms. The van der Waals surface area contributed by atoms with Crippen LogP contribution in [0.25, 0.3) is 0 Å². The number of aliphatic imine (C=N–C) groups is 2. The lowest BCUT2D eigenvalue weighted by Crippen LogP contribution is -2.46. The monoisotopic (exact) mass is 1310 g/mol. The molecular weight excluding hydrogens is 1240 g/mol. The van der Waals surface area contributed by atoms with Crippen molar-refractivity contribution in [1.29, 1.82) is 0 Å². The van der Waals surface area contributed by atoms with Crippen molar-refractivity contribution in [3.63, 3.8) is 0 Å². The molecule has 0 spiro atoms. The zero-order chi connectivity index (χ0) is 57.7. The number of rotatable bonds is 8. The van der Waals surface area contributed by atoms with Crippen LogP contribution in [-0.4, -0.2) is 104 Å². The van der Waals surface area contributed by atoms with Crippen LogP contribution in [0.5, 0.6) is 0 Å². The Balaban J connectivity index is 0.000000331. The molecule has 0 saturated carbocycles. The van der Waals surface area contributed by atoms with E-state index in [0.29, 0.717) is 30.2 Å². The molecule has 1 saturated heterocycles. The van der Waals surface area contributed by atoms with Gasteiger partial charge < -0.3 is 40.0 Å². The number of aliphatic hydroxyl groups excluding tert-OH is 2. The number of aryl methyl sites for hydroxylation is 4. The number of nitrogens with zero attached hydrogens (tertiary/aromatic N) is 2. The van der Waals surface area contributed by atoms with Crippen molar-refractivity contribution < 1.29 is 42.8 Å². The molecule has 3 heterocycles. The third-order valence-electron chi connectivity index (χ3n) is 11.5. The molecule has 0 radical (unpaired) electrons. The first-order valence-corrected chi connectivity index (χ1v) is 29.3. The van der Waals surface area contributed by atoms with Crippen LogP contribution in [0.2, 0.25) is 0 Å². The summed E-state index contributed by atoms with van der Waals surface area (Å²) in [6, 6.07) is 23.0. The highest BCUT2D eigenvalue weighted by atomic mass is 79.9. The third-order valence-corrected chi connectivity index (χ3v) is 14.3. The van der Waals surface area contributed by atoms with Crippen molar-refractivity contribution in [2.75, 3.05) is 26.4 Å². The Hall–Kier alpha value is -2.72. The van der Waals surface area contributed by atoms with Gasteiger partial charge in [-0.2, -0.15) is 0 Å². The van der Waals surface area contributed by atoms with Gasteiger partial charge in [0.15, 0.2) is 0 Å². The lowest BCUT2D eigenvalue weighted by Gasteiger charge is -2.32. The van der Waals surface area contributed by atoms with Crippen LogP contribution in [0.3, 0.4) is 0 Å². The van der Waals surface area contributed by atoms with Gasteiger partial charge in [-0.05, 0) is 193 Å². The lowest BCUT2D eigenvalue weighted by molar-refractivity contribution is 0.00578. The van der Waals surface area contributed by atoms with Crippen molar-refractivity contribution in [1.82, 2.24) is 5.32 Å². The molecule has 0 atom stereocenters. The number of halogens is 6. The second-order valence-electron chi connectivity index (χ2n) is 21.7. The Bertz CT molecular complexity index is 2680. The molecule has 13 nitrogen and oxygen atoms in total. The number of hydrogen-bond donors (Lipinski definition) is 4. The highest BCUT2D eigenvalue weighted by Crippen LogP contribution is 2.37. The van der Waals surface area contributed by atoms with Crippen LogP contribution in [0.4, 0.5) is 0 Å². The van der Waals surface area contributed by atoms with Crippen LogP contribution >= 0.6 is 80.8 Å². The molecule has 3 aliphatic rings. The summed E-state index contributed by atoms with van der Waals surface area (Å²) in [6.07, 6.45) is 0. The molecule has 75 heavy (non-hydrogen) atoms. The van der Waals surface area contributed by atoms with Crippen LogP contribution in [0.15, 0.2) is 96.2 Å². The molecule has 0 aliphatic carbocycles. The zero-order valence-electron chi connectivity index (χ0n) is 45.7. The highest BCUT2D eigenvalue weighted by molar-refractivity contribution is 9.11.